The number of carbonyl (C=O) groups is 2. The molecule has 23 heavy (non-hydrogen) atoms. The molecule has 1 heterocycles. The molecule has 1 aromatic rings. The second-order valence-corrected chi connectivity index (χ2v) is 5.49. The zero-order valence-electron chi connectivity index (χ0n) is 13.1. The fraction of sp³-hybridized carbons (Fsp3) is 0.500. The van der Waals surface area contributed by atoms with E-state index >= 15 is 0 Å². The van der Waals surface area contributed by atoms with Gasteiger partial charge in [0.25, 0.3) is 5.91 Å². The Bertz CT molecular complexity index is 608. The average Bonchev–Trinajstić information content (AvgIpc) is 3.07. The van der Waals surface area contributed by atoms with E-state index in [0.29, 0.717) is 25.9 Å². The summed E-state index contributed by atoms with van der Waals surface area (Å²) in [5, 5.41) is 11.2. The first-order valence-corrected chi connectivity index (χ1v) is 7.75. The molecule has 0 aliphatic carbocycles. The van der Waals surface area contributed by atoms with Gasteiger partial charge in [-0.1, -0.05) is 6.92 Å². The summed E-state index contributed by atoms with van der Waals surface area (Å²) in [5.74, 6) is -0.311. The van der Waals surface area contributed by atoms with Crippen molar-refractivity contribution in [3.63, 3.8) is 0 Å². The minimum atomic E-state index is -0.599. The number of benzene rings is 1. The van der Waals surface area contributed by atoms with E-state index in [4.69, 9.17) is 4.74 Å². The van der Waals surface area contributed by atoms with Gasteiger partial charge in [0.05, 0.1) is 4.92 Å². The zero-order valence-corrected chi connectivity index (χ0v) is 13.1. The monoisotopic (exact) mass is 320 g/mol. The van der Waals surface area contributed by atoms with Crippen LogP contribution in [0.3, 0.4) is 0 Å². The Kier molecular flexibility index (Phi) is 5.67. The van der Waals surface area contributed by atoms with Crippen molar-refractivity contribution in [2.24, 2.45) is 0 Å². The van der Waals surface area contributed by atoms with E-state index < -0.39 is 4.92 Å². The maximum atomic E-state index is 11.9. The molecule has 124 valence electrons. The first-order valence-electron chi connectivity index (χ1n) is 7.75. The average molecular weight is 320 g/mol. The van der Waals surface area contributed by atoms with Crippen molar-refractivity contribution < 1.29 is 19.2 Å². The van der Waals surface area contributed by atoms with Crippen LogP contribution in [0.4, 0.5) is 5.69 Å². The Hall–Kier alpha value is -2.44. The summed E-state index contributed by atoms with van der Waals surface area (Å²) in [6.45, 7) is 3.04. The molecule has 0 bridgehead atoms. The number of hydrogen-bond acceptors (Lipinski definition) is 5. The van der Waals surface area contributed by atoms with Gasteiger partial charge in [-0.2, -0.15) is 0 Å². The van der Waals surface area contributed by atoms with Gasteiger partial charge in [0.15, 0.2) is 18.1 Å². The molecule has 1 saturated heterocycles. The number of nitro benzene ring substituents is 1. The Morgan fingerprint density at radius 3 is 2.61 bits per heavy atom. The number of ketones is 1. The van der Waals surface area contributed by atoms with E-state index in [0.717, 1.165) is 12.8 Å². The second kappa shape index (κ2) is 7.71. The molecule has 0 N–H and O–H groups in total. The highest BCUT2D eigenvalue weighted by Crippen LogP contribution is 2.28. The number of likely N-dealkylation sites (tertiary alicyclic amines) is 1. The van der Waals surface area contributed by atoms with Gasteiger partial charge in [-0.25, -0.2) is 0 Å². The third-order valence-corrected chi connectivity index (χ3v) is 3.76. The minimum Gasteiger partial charge on any atom is -0.477 e. The third-order valence-electron chi connectivity index (χ3n) is 3.76. The van der Waals surface area contributed by atoms with Gasteiger partial charge in [0, 0.05) is 31.1 Å². The molecular weight excluding hydrogens is 300 g/mol. The number of carbonyl (C=O) groups excluding carboxylic acids is 2. The molecule has 7 heteroatoms. The number of nitro groups is 1. The van der Waals surface area contributed by atoms with Crippen molar-refractivity contribution in [3.05, 3.63) is 33.9 Å². The topological polar surface area (TPSA) is 89.8 Å². The quantitative estimate of drug-likeness (QED) is 0.437. The van der Waals surface area contributed by atoms with E-state index in [1.807, 2.05) is 6.92 Å². The molecule has 1 aliphatic rings. The number of rotatable bonds is 7. The lowest BCUT2D eigenvalue weighted by Gasteiger charge is -2.15. The third kappa shape index (κ3) is 4.28. The molecule has 1 aromatic carbocycles. The normalized spacial score (nSPS) is 13.9. The van der Waals surface area contributed by atoms with Gasteiger partial charge >= 0.3 is 5.69 Å². The summed E-state index contributed by atoms with van der Waals surface area (Å²) < 4.78 is 5.32. The molecule has 0 atom stereocenters. The maximum absolute atomic E-state index is 11.9. The van der Waals surface area contributed by atoms with Crippen molar-refractivity contribution in [1.82, 2.24) is 4.90 Å². The molecule has 0 unspecified atom stereocenters. The summed E-state index contributed by atoms with van der Waals surface area (Å²) >= 11 is 0. The molecule has 0 aromatic heterocycles. The second-order valence-electron chi connectivity index (χ2n) is 5.49. The van der Waals surface area contributed by atoms with Crippen LogP contribution in [0.1, 0.15) is 43.0 Å². The van der Waals surface area contributed by atoms with Crippen LogP contribution in [0.2, 0.25) is 0 Å². The summed E-state index contributed by atoms with van der Waals surface area (Å²) in [5.41, 5.74) is -0.00190. The Labute approximate surface area is 134 Å². The van der Waals surface area contributed by atoms with Crippen LogP contribution < -0.4 is 4.74 Å². The van der Waals surface area contributed by atoms with Crippen LogP contribution in [0.25, 0.3) is 0 Å². The van der Waals surface area contributed by atoms with Crippen molar-refractivity contribution >= 4 is 17.4 Å². The van der Waals surface area contributed by atoms with Crippen LogP contribution in [0.5, 0.6) is 5.75 Å². The standard InChI is InChI=1S/C16H20N2O5/c1-2-5-14(19)12-6-7-15(13(10-12)18(21)22)23-11-16(20)17-8-3-4-9-17/h6-7,10H,2-5,8-9,11H2,1H3. The van der Waals surface area contributed by atoms with Crippen LogP contribution in [0, 0.1) is 10.1 Å². The Balaban J connectivity index is 2.09. The zero-order chi connectivity index (χ0) is 16.8. The van der Waals surface area contributed by atoms with E-state index in [-0.39, 0.29) is 35.3 Å². The lowest BCUT2D eigenvalue weighted by molar-refractivity contribution is -0.385. The van der Waals surface area contributed by atoms with Gasteiger partial charge < -0.3 is 9.64 Å². The summed E-state index contributed by atoms with van der Waals surface area (Å²) in [4.78, 5) is 36.0. The predicted octanol–water partition coefficient (Wildman–Crippen LogP) is 2.58. The first-order chi connectivity index (χ1) is 11.0. The molecule has 1 aliphatic heterocycles. The van der Waals surface area contributed by atoms with Crippen molar-refractivity contribution in [2.45, 2.75) is 32.6 Å². The molecule has 0 saturated carbocycles. The summed E-state index contributed by atoms with van der Waals surface area (Å²) in [7, 11) is 0. The molecule has 1 fully saturated rings. The molecule has 1 amide bonds. The van der Waals surface area contributed by atoms with Gasteiger partial charge in [0.2, 0.25) is 0 Å². The predicted molar refractivity (Wildman–Crippen MR) is 83.6 cm³/mol. The summed E-state index contributed by atoms with van der Waals surface area (Å²) in [6, 6.07) is 4.10. The number of amides is 1. The van der Waals surface area contributed by atoms with Crippen molar-refractivity contribution in [3.8, 4) is 5.75 Å². The van der Waals surface area contributed by atoms with Gasteiger partial charge in [-0.15, -0.1) is 0 Å². The lowest BCUT2D eigenvalue weighted by atomic mass is 10.1. The highest BCUT2D eigenvalue weighted by Gasteiger charge is 2.22. The van der Waals surface area contributed by atoms with Crippen LogP contribution in [-0.2, 0) is 4.79 Å². The van der Waals surface area contributed by atoms with E-state index in [9.17, 15) is 19.7 Å². The minimum absolute atomic E-state index is 0.00981. The van der Waals surface area contributed by atoms with E-state index in [1.54, 1.807) is 4.90 Å². The van der Waals surface area contributed by atoms with E-state index in [1.165, 1.54) is 18.2 Å². The number of hydrogen-bond donors (Lipinski definition) is 0. The Morgan fingerprint density at radius 2 is 2.00 bits per heavy atom. The molecule has 7 nitrogen and oxygen atoms in total. The fourth-order valence-electron chi connectivity index (χ4n) is 2.52. The maximum Gasteiger partial charge on any atom is 0.311 e. The molecular formula is C16H20N2O5. The van der Waals surface area contributed by atoms with Crippen LogP contribution >= 0.6 is 0 Å². The highest BCUT2D eigenvalue weighted by molar-refractivity contribution is 5.96. The number of ether oxygens (including phenoxy) is 1. The number of Topliss-reactive ketones (excluding diaryl/α,β-unsaturated/α-hetero) is 1. The van der Waals surface area contributed by atoms with Crippen LogP contribution in [-0.4, -0.2) is 41.2 Å². The largest absolute Gasteiger partial charge is 0.477 e. The van der Waals surface area contributed by atoms with Crippen molar-refractivity contribution in [1.29, 1.82) is 0 Å². The van der Waals surface area contributed by atoms with Crippen molar-refractivity contribution in [2.75, 3.05) is 19.7 Å². The van der Waals surface area contributed by atoms with Gasteiger partial charge in [-0.05, 0) is 31.4 Å². The van der Waals surface area contributed by atoms with Crippen LogP contribution in [0.15, 0.2) is 18.2 Å². The number of nitrogens with zero attached hydrogens (tertiary/aromatic N) is 2. The summed E-state index contributed by atoms with van der Waals surface area (Å²) in [6.07, 6.45) is 2.96. The smallest absolute Gasteiger partial charge is 0.311 e. The molecule has 0 radical (unpaired) electrons. The molecule has 2 rings (SSSR count). The molecule has 0 spiro atoms. The fourth-order valence-corrected chi connectivity index (χ4v) is 2.52. The first kappa shape index (κ1) is 16.9. The van der Waals surface area contributed by atoms with Gasteiger partial charge in [0.1, 0.15) is 0 Å². The SMILES string of the molecule is CCCC(=O)c1ccc(OCC(=O)N2CCCC2)c([N+](=O)[O-])c1. The highest BCUT2D eigenvalue weighted by atomic mass is 16.6. The van der Waals surface area contributed by atoms with Gasteiger partial charge in [-0.3, -0.25) is 19.7 Å². The lowest BCUT2D eigenvalue weighted by Crippen LogP contribution is -2.32. The van der Waals surface area contributed by atoms with E-state index in [2.05, 4.69) is 0 Å². The Morgan fingerprint density at radius 1 is 1.30 bits per heavy atom.